The van der Waals surface area contributed by atoms with Crippen LogP contribution in [0.15, 0.2) is 30.3 Å². The van der Waals surface area contributed by atoms with E-state index in [2.05, 4.69) is 10.2 Å². The van der Waals surface area contributed by atoms with Crippen LogP contribution in [0.3, 0.4) is 0 Å². The maximum Gasteiger partial charge on any atom is 0.306 e. The van der Waals surface area contributed by atoms with Gasteiger partial charge < -0.3 is 14.6 Å². The topological polar surface area (TPSA) is 86.5 Å². The van der Waals surface area contributed by atoms with Crippen LogP contribution in [0.1, 0.15) is 38.3 Å². The molecule has 0 atom stereocenters. The molecule has 0 aliphatic heterocycles. The van der Waals surface area contributed by atoms with Gasteiger partial charge in [-0.05, 0) is 41.7 Å². The highest BCUT2D eigenvalue weighted by Crippen LogP contribution is 2.36. The zero-order valence-electron chi connectivity index (χ0n) is 17.6. The highest BCUT2D eigenvalue weighted by Gasteiger charge is 2.23. The minimum atomic E-state index is -0.316. The van der Waals surface area contributed by atoms with Crippen molar-refractivity contribution in [1.29, 1.82) is 0 Å². The predicted molar refractivity (Wildman–Crippen MR) is 115 cm³/mol. The van der Waals surface area contributed by atoms with Gasteiger partial charge in [0, 0.05) is 24.1 Å². The SMILES string of the molecule is COCCOC(=O)CCc1cc(-n2nc3ccc(Cl)cc3n2)c(O)c(C(C)(C)C)c1. The molecule has 30 heavy (non-hydrogen) atoms. The molecule has 2 aromatic carbocycles. The zero-order valence-corrected chi connectivity index (χ0v) is 18.4. The summed E-state index contributed by atoms with van der Waals surface area (Å²) >= 11 is 6.05. The first kappa shape index (κ1) is 22.1. The Hall–Kier alpha value is -2.64. The maximum atomic E-state index is 12.0. The average molecular weight is 432 g/mol. The van der Waals surface area contributed by atoms with Gasteiger partial charge >= 0.3 is 5.97 Å². The Bertz CT molecular complexity index is 1060. The van der Waals surface area contributed by atoms with Crippen LogP contribution in [0.5, 0.6) is 5.75 Å². The molecule has 0 fully saturated rings. The number of benzene rings is 2. The van der Waals surface area contributed by atoms with E-state index in [-0.39, 0.29) is 30.2 Å². The molecule has 1 heterocycles. The molecule has 0 saturated heterocycles. The number of esters is 1. The largest absolute Gasteiger partial charge is 0.505 e. The molecule has 160 valence electrons. The molecular formula is C22H26ClN3O4. The van der Waals surface area contributed by atoms with Gasteiger partial charge in [-0.25, -0.2) is 0 Å². The quantitative estimate of drug-likeness (QED) is 0.445. The minimum Gasteiger partial charge on any atom is -0.505 e. The second-order valence-electron chi connectivity index (χ2n) is 8.10. The Morgan fingerprint density at radius 1 is 1.13 bits per heavy atom. The highest BCUT2D eigenvalue weighted by atomic mass is 35.5. The molecule has 0 amide bonds. The highest BCUT2D eigenvalue weighted by molar-refractivity contribution is 6.31. The van der Waals surface area contributed by atoms with Gasteiger partial charge in [0.1, 0.15) is 29.1 Å². The van der Waals surface area contributed by atoms with Gasteiger partial charge in [0.2, 0.25) is 0 Å². The number of aromatic hydroxyl groups is 1. The molecule has 0 spiro atoms. The Labute approximate surface area is 180 Å². The smallest absolute Gasteiger partial charge is 0.306 e. The second kappa shape index (κ2) is 9.02. The summed E-state index contributed by atoms with van der Waals surface area (Å²) in [6.45, 7) is 6.64. The lowest BCUT2D eigenvalue weighted by molar-refractivity contribution is -0.144. The van der Waals surface area contributed by atoms with E-state index in [9.17, 15) is 9.90 Å². The molecule has 0 aliphatic rings. The lowest BCUT2D eigenvalue weighted by Gasteiger charge is -2.23. The van der Waals surface area contributed by atoms with E-state index in [1.165, 1.54) is 4.80 Å². The predicted octanol–water partition coefficient (Wildman–Crippen LogP) is 4.20. The van der Waals surface area contributed by atoms with Crippen molar-refractivity contribution in [1.82, 2.24) is 15.0 Å². The molecule has 0 bridgehead atoms. The van der Waals surface area contributed by atoms with Gasteiger partial charge in [0.05, 0.1) is 6.61 Å². The number of ether oxygens (including phenoxy) is 2. The molecule has 7 nitrogen and oxygen atoms in total. The van der Waals surface area contributed by atoms with Gasteiger partial charge in [-0.15, -0.1) is 15.0 Å². The normalized spacial score (nSPS) is 11.8. The molecule has 0 unspecified atom stereocenters. The second-order valence-corrected chi connectivity index (χ2v) is 8.53. The number of carbonyl (C=O) groups is 1. The number of carbonyl (C=O) groups excluding carboxylic acids is 1. The van der Waals surface area contributed by atoms with Crippen LogP contribution < -0.4 is 0 Å². The summed E-state index contributed by atoms with van der Waals surface area (Å²) in [4.78, 5) is 13.4. The standard InChI is InChI=1S/C22H26ClN3O4/c1-22(2,3)16-11-14(5-8-20(27)30-10-9-29-4)12-19(21(16)28)26-24-17-7-6-15(23)13-18(17)25-26/h6-7,11-13,28H,5,8-10H2,1-4H3. The number of hydrogen-bond donors (Lipinski definition) is 1. The summed E-state index contributed by atoms with van der Waals surface area (Å²) in [6, 6.07) is 8.97. The van der Waals surface area contributed by atoms with Gasteiger partial charge in [-0.3, -0.25) is 4.79 Å². The van der Waals surface area contributed by atoms with Crippen molar-refractivity contribution in [3.63, 3.8) is 0 Å². The maximum absolute atomic E-state index is 12.0. The van der Waals surface area contributed by atoms with E-state index in [0.29, 0.717) is 34.8 Å². The van der Waals surface area contributed by atoms with E-state index in [1.54, 1.807) is 31.4 Å². The molecular weight excluding hydrogens is 406 g/mol. The molecule has 0 aliphatic carbocycles. The van der Waals surface area contributed by atoms with E-state index < -0.39 is 0 Å². The first-order valence-corrected chi connectivity index (χ1v) is 10.1. The van der Waals surface area contributed by atoms with Gasteiger partial charge in [0.25, 0.3) is 0 Å². The van der Waals surface area contributed by atoms with Gasteiger partial charge in [-0.1, -0.05) is 38.4 Å². The van der Waals surface area contributed by atoms with E-state index in [4.69, 9.17) is 21.1 Å². The van der Waals surface area contributed by atoms with E-state index in [1.807, 2.05) is 26.8 Å². The number of aryl methyl sites for hydroxylation is 1. The fourth-order valence-corrected chi connectivity index (χ4v) is 3.27. The van der Waals surface area contributed by atoms with Crippen LogP contribution >= 0.6 is 11.6 Å². The van der Waals surface area contributed by atoms with Crippen molar-refractivity contribution in [2.45, 2.75) is 39.0 Å². The summed E-state index contributed by atoms with van der Waals surface area (Å²) in [7, 11) is 1.56. The number of phenolic OH excluding ortho intramolecular Hbond substituents is 1. The van der Waals surface area contributed by atoms with Crippen molar-refractivity contribution in [2.75, 3.05) is 20.3 Å². The lowest BCUT2D eigenvalue weighted by atomic mass is 9.84. The lowest BCUT2D eigenvalue weighted by Crippen LogP contribution is -2.15. The number of methoxy groups -OCH3 is 1. The minimum absolute atomic E-state index is 0.111. The van der Waals surface area contributed by atoms with Crippen LogP contribution in [-0.4, -0.2) is 46.4 Å². The number of nitrogens with zero attached hydrogens (tertiary/aromatic N) is 3. The Kier molecular flexibility index (Phi) is 6.63. The first-order chi connectivity index (χ1) is 14.2. The molecule has 1 N–H and O–H groups in total. The third-order valence-electron chi connectivity index (χ3n) is 4.68. The fraction of sp³-hybridized carbons (Fsp3) is 0.409. The monoisotopic (exact) mass is 431 g/mol. The Balaban J connectivity index is 1.95. The number of phenols is 1. The summed E-state index contributed by atoms with van der Waals surface area (Å²) in [5.41, 5.74) is 3.08. The van der Waals surface area contributed by atoms with Crippen molar-refractivity contribution >= 4 is 28.6 Å². The zero-order chi connectivity index (χ0) is 21.9. The molecule has 3 rings (SSSR count). The molecule has 8 heteroatoms. The number of rotatable bonds is 7. The van der Waals surface area contributed by atoms with Crippen molar-refractivity contribution in [2.24, 2.45) is 0 Å². The molecule has 3 aromatic rings. The van der Waals surface area contributed by atoms with Crippen LogP contribution in [0, 0.1) is 0 Å². The van der Waals surface area contributed by atoms with Crippen LogP contribution in [-0.2, 0) is 26.1 Å². The summed E-state index contributed by atoms with van der Waals surface area (Å²) in [5.74, 6) is -0.183. The van der Waals surface area contributed by atoms with Crippen LogP contribution in [0.25, 0.3) is 16.7 Å². The van der Waals surface area contributed by atoms with E-state index in [0.717, 1.165) is 11.1 Å². The van der Waals surface area contributed by atoms with Crippen LogP contribution in [0.4, 0.5) is 0 Å². The van der Waals surface area contributed by atoms with Crippen molar-refractivity contribution in [3.8, 4) is 11.4 Å². The average Bonchev–Trinajstić information content (AvgIpc) is 3.09. The van der Waals surface area contributed by atoms with Gasteiger partial charge in [-0.2, -0.15) is 0 Å². The van der Waals surface area contributed by atoms with Gasteiger partial charge in [0.15, 0.2) is 0 Å². The first-order valence-electron chi connectivity index (χ1n) is 9.73. The summed E-state index contributed by atoms with van der Waals surface area (Å²) in [6.07, 6.45) is 0.691. The number of halogens is 1. The third kappa shape index (κ3) is 5.09. The van der Waals surface area contributed by atoms with E-state index >= 15 is 0 Å². The number of fused-ring (bicyclic) bond motifs is 1. The van der Waals surface area contributed by atoms with Crippen LogP contribution in [0.2, 0.25) is 5.02 Å². The number of hydrogen-bond acceptors (Lipinski definition) is 6. The fourth-order valence-electron chi connectivity index (χ4n) is 3.10. The third-order valence-corrected chi connectivity index (χ3v) is 4.92. The Morgan fingerprint density at radius 3 is 2.57 bits per heavy atom. The van der Waals surface area contributed by atoms with Crippen molar-refractivity contribution < 1.29 is 19.4 Å². The van der Waals surface area contributed by atoms with Crippen molar-refractivity contribution in [3.05, 3.63) is 46.5 Å². The molecule has 1 aromatic heterocycles. The molecule has 0 radical (unpaired) electrons. The Morgan fingerprint density at radius 2 is 1.87 bits per heavy atom. The number of aromatic nitrogens is 3. The molecule has 0 saturated carbocycles. The summed E-state index contributed by atoms with van der Waals surface area (Å²) in [5, 5.41) is 20.5. The summed E-state index contributed by atoms with van der Waals surface area (Å²) < 4.78 is 10.0.